The van der Waals surface area contributed by atoms with Crippen LogP contribution < -0.4 is 11.5 Å². The quantitative estimate of drug-likeness (QED) is 0.567. The van der Waals surface area contributed by atoms with E-state index in [1.807, 2.05) is 6.92 Å². The van der Waals surface area contributed by atoms with Crippen LogP contribution in [0.1, 0.15) is 6.92 Å². The molecule has 0 spiro atoms. The van der Waals surface area contributed by atoms with Gasteiger partial charge in [-0.05, 0) is 6.92 Å². The predicted octanol–water partition coefficient (Wildman–Crippen LogP) is -0.448. The average molecular weight is 148 g/mol. The van der Waals surface area contributed by atoms with Gasteiger partial charge in [0.15, 0.2) is 0 Å². The van der Waals surface area contributed by atoms with E-state index >= 15 is 0 Å². The number of rotatable bonds is 4. The van der Waals surface area contributed by atoms with Crippen LogP contribution >= 0.6 is 11.8 Å². The largest absolute Gasteiger partial charge is 0.369 e. The predicted molar refractivity (Wildman–Crippen MR) is 40.2 cm³/mol. The summed E-state index contributed by atoms with van der Waals surface area (Å²) in [5, 5.41) is 0. The summed E-state index contributed by atoms with van der Waals surface area (Å²) in [6.45, 7) is 1.90. The molecule has 9 heavy (non-hydrogen) atoms. The van der Waals surface area contributed by atoms with Crippen molar-refractivity contribution < 1.29 is 4.79 Å². The molecule has 0 aliphatic rings. The first kappa shape index (κ1) is 8.78. The minimum Gasteiger partial charge on any atom is -0.369 e. The Morgan fingerprint density at radius 2 is 2.33 bits per heavy atom. The van der Waals surface area contributed by atoms with Crippen LogP contribution in [-0.2, 0) is 4.79 Å². The minimum atomic E-state index is -0.277. The molecule has 1 amide bonds. The summed E-state index contributed by atoms with van der Waals surface area (Å²) in [6, 6.07) is 0.148. The van der Waals surface area contributed by atoms with Gasteiger partial charge in [0.25, 0.3) is 0 Å². The van der Waals surface area contributed by atoms with Crippen LogP contribution in [0.5, 0.6) is 0 Å². The number of hydrogen-bond donors (Lipinski definition) is 2. The molecule has 1 atom stereocenters. The van der Waals surface area contributed by atoms with Crippen LogP contribution in [-0.4, -0.2) is 23.5 Å². The fraction of sp³-hybridized carbons (Fsp3) is 0.800. The van der Waals surface area contributed by atoms with Crippen molar-refractivity contribution >= 4 is 17.7 Å². The lowest BCUT2D eigenvalue weighted by Crippen LogP contribution is -2.20. The standard InChI is InChI=1S/C5H12N2OS/c1-4(6)2-9-3-5(7)8/h4H,2-3,6H2,1H3,(H2,7,8). The lowest BCUT2D eigenvalue weighted by molar-refractivity contribution is -0.115. The summed E-state index contributed by atoms with van der Waals surface area (Å²) in [6.07, 6.45) is 0. The molecule has 3 nitrogen and oxygen atoms in total. The van der Waals surface area contributed by atoms with Crippen LogP contribution in [0.3, 0.4) is 0 Å². The molecule has 0 aromatic rings. The second-order valence-corrected chi connectivity index (χ2v) is 2.99. The third-order valence-electron chi connectivity index (χ3n) is 0.625. The monoisotopic (exact) mass is 148 g/mol. The molecular formula is C5H12N2OS. The van der Waals surface area contributed by atoms with Gasteiger partial charge < -0.3 is 11.5 Å². The van der Waals surface area contributed by atoms with Crippen molar-refractivity contribution in [2.75, 3.05) is 11.5 Å². The highest BCUT2D eigenvalue weighted by Gasteiger charge is 1.96. The Morgan fingerprint density at radius 3 is 2.67 bits per heavy atom. The van der Waals surface area contributed by atoms with E-state index in [0.29, 0.717) is 5.75 Å². The van der Waals surface area contributed by atoms with E-state index in [0.717, 1.165) is 5.75 Å². The van der Waals surface area contributed by atoms with E-state index in [-0.39, 0.29) is 11.9 Å². The van der Waals surface area contributed by atoms with Crippen molar-refractivity contribution in [1.82, 2.24) is 0 Å². The molecule has 0 bridgehead atoms. The molecule has 0 radical (unpaired) electrons. The molecule has 0 saturated heterocycles. The Hall–Kier alpha value is -0.220. The second kappa shape index (κ2) is 4.64. The molecule has 0 saturated carbocycles. The van der Waals surface area contributed by atoms with Gasteiger partial charge in [0, 0.05) is 11.8 Å². The third-order valence-corrected chi connectivity index (χ3v) is 1.88. The highest BCUT2D eigenvalue weighted by molar-refractivity contribution is 7.99. The Balaban J connectivity index is 3.01. The van der Waals surface area contributed by atoms with Gasteiger partial charge in [-0.3, -0.25) is 4.79 Å². The number of nitrogens with two attached hydrogens (primary N) is 2. The van der Waals surface area contributed by atoms with E-state index in [1.165, 1.54) is 11.8 Å². The van der Waals surface area contributed by atoms with Crippen molar-refractivity contribution in [2.45, 2.75) is 13.0 Å². The SMILES string of the molecule is CC(N)CSCC(N)=O. The minimum absolute atomic E-state index is 0.148. The van der Waals surface area contributed by atoms with Gasteiger partial charge in [-0.2, -0.15) is 11.8 Å². The molecule has 0 aromatic heterocycles. The van der Waals surface area contributed by atoms with Crippen molar-refractivity contribution in [1.29, 1.82) is 0 Å². The first-order valence-electron chi connectivity index (χ1n) is 2.74. The van der Waals surface area contributed by atoms with Crippen molar-refractivity contribution in [3.63, 3.8) is 0 Å². The normalized spacial score (nSPS) is 13.1. The number of hydrogen-bond acceptors (Lipinski definition) is 3. The highest BCUT2D eigenvalue weighted by Crippen LogP contribution is 1.98. The molecule has 4 heteroatoms. The number of primary amides is 1. The maximum Gasteiger partial charge on any atom is 0.227 e. The Labute approximate surface area is 59.2 Å². The van der Waals surface area contributed by atoms with Crippen molar-refractivity contribution in [3.05, 3.63) is 0 Å². The van der Waals surface area contributed by atoms with Crippen LogP contribution in [0, 0.1) is 0 Å². The zero-order valence-corrected chi connectivity index (χ0v) is 6.28. The third kappa shape index (κ3) is 7.78. The molecular weight excluding hydrogens is 136 g/mol. The molecule has 0 fully saturated rings. The van der Waals surface area contributed by atoms with Gasteiger partial charge in [0.1, 0.15) is 0 Å². The lowest BCUT2D eigenvalue weighted by atomic mass is 10.4. The van der Waals surface area contributed by atoms with Gasteiger partial charge in [-0.1, -0.05) is 0 Å². The zero-order valence-electron chi connectivity index (χ0n) is 5.46. The topological polar surface area (TPSA) is 69.1 Å². The van der Waals surface area contributed by atoms with E-state index < -0.39 is 0 Å². The van der Waals surface area contributed by atoms with E-state index in [2.05, 4.69) is 0 Å². The van der Waals surface area contributed by atoms with Crippen molar-refractivity contribution in [3.8, 4) is 0 Å². The molecule has 0 aliphatic heterocycles. The molecule has 1 unspecified atom stereocenters. The Kier molecular flexibility index (Phi) is 4.53. The highest BCUT2D eigenvalue weighted by atomic mass is 32.2. The number of carbonyl (C=O) groups excluding carboxylic acids is 1. The van der Waals surface area contributed by atoms with E-state index in [1.54, 1.807) is 0 Å². The molecule has 0 heterocycles. The maximum absolute atomic E-state index is 10.1. The molecule has 0 aromatic carbocycles. The summed E-state index contributed by atoms with van der Waals surface area (Å²) in [4.78, 5) is 10.1. The van der Waals surface area contributed by atoms with E-state index in [9.17, 15) is 4.79 Å². The van der Waals surface area contributed by atoms with Crippen LogP contribution in [0.2, 0.25) is 0 Å². The lowest BCUT2D eigenvalue weighted by Gasteiger charge is -2.00. The van der Waals surface area contributed by atoms with Crippen LogP contribution in [0.15, 0.2) is 0 Å². The second-order valence-electron chi connectivity index (χ2n) is 1.96. The maximum atomic E-state index is 10.1. The van der Waals surface area contributed by atoms with Crippen LogP contribution in [0.4, 0.5) is 0 Å². The Morgan fingerprint density at radius 1 is 1.78 bits per heavy atom. The molecule has 0 aliphatic carbocycles. The average Bonchev–Trinajstić information content (AvgIpc) is 1.63. The molecule has 0 rings (SSSR count). The van der Waals surface area contributed by atoms with Crippen LogP contribution in [0.25, 0.3) is 0 Å². The van der Waals surface area contributed by atoms with Crippen molar-refractivity contribution in [2.24, 2.45) is 11.5 Å². The molecule has 4 N–H and O–H groups in total. The van der Waals surface area contributed by atoms with Gasteiger partial charge in [-0.15, -0.1) is 0 Å². The first-order chi connectivity index (χ1) is 4.13. The van der Waals surface area contributed by atoms with Gasteiger partial charge in [0.05, 0.1) is 5.75 Å². The number of amides is 1. The zero-order chi connectivity index (χ0) is 7.28. The summed E-state index contributed by atoms with van der Waals surface area (Å²) >= 11 is 1.47. The summed E-state index contributed by atoms with van der Waals surface area (Å²) < 4.78 is 0. The van der Waals surface area contributed by atoms with E-state index in [4.69, 9.17) is 11.5 Å². The van der Waals surface area contributed by atoms with Gasteiger partial charge >= 0.3 is 0 Å². The summed E-state index contributed by atoms with van der Waals surface area (Å²) in [5.74, 6) is 0.894. The smallest absolute Gasteiger partial charge is 0.227 e. The fourth-order valence-corrected chi connectivity index (χ4v) is 1.04. The number of carbonyl (C=O) groups is 1. The summed E-state index contributed by atoms with van der Waals surface area (Å²) in [7, 11) is 0. The molecule has 54 valence electrons. The van der Waals surface area contributed by atoms with Gasteiger partial charge in [-0.25, -0.2) is 0 Å². The number of thioether (sulfide) groups is 1. The fourth-order valence-electron chi connectivity index (χ4n) is 0.345. The Bertz CT molecular complexity index is 95.0. The first-order valence-corrected chi connectivity index (χ1v) is 3.90. The van der Waals surface area contributed by atoms with Gasteiger partial charge in [0.2, 0.25) is 5.91 Å². The summed E-state index contributed by atoms with van der Waals surface area (Å²) in [5.41, 5.74) is 10.3.